The van der Waals surface area contributed by atoms with Crippen LogP contribution in [-0.4, -0.2) is 23.9 Å². The molecule has 0 aliphatic carbocycles. The highest BCUT2D eigenvalue weighted by Crippen LogP contribution is 2.26. The second-order valence-electron chi connectivity index (χ2n) is 10.9. The van der Waals surface area contributed by atoms with Crippen LogP contribution in [0.25, 0.3) is 0 Å². The number of hydrogen-bond acceptors (Lipinski definition) is 6. The number of benzene rings is 1. The highest BCUT2D eigenvalue weighted by molar-refractivity contribution is 6.53. The Labute approximate surface area is 258 Å². The third kappa shape index (κ3) is 10.6. The number of nitrogens with zero attached hydrogens (tertiary/aromatic N) is 3. The van der Waals surface area contributed by atoms with E-state index in [0.29, 0.717) is 29.1 Å². The van der Waals surface area contributed by atoms with Crippen molar-refractivity contribution >= 4 is 17.3 Å². The maximum Gasteiger partial charge on any atom is 0.190 e. The maximum absolute atomic E-state index is 14.5. The van der Waals surface area contributed by atoms with Crippen molar-refractivity contribution in [2.45, 2.75) is 86.6 Å². The zero-order valence-corrected chi connectivity index (χ0v) is 26.8. The van der Waals surface area contributed by atoms with E-state index in [0.717, 1.165) is 48.4 Å². The van der Waals surface area contributed by atoms with Crippen molar-refractivity contribution < 1.29 is 9.13 Å². The lowest BCUT2D eigenvalue weighted by molar-refractivity contribution is 0.271. The molecule has 1 heterocycles. The van der Waals surface area contributed by atoms with Gasteiger partial charge in [0.25, 0.3) is 0 Å². The van der Waals surface area contributed by atoms with Crippen molar-refractivity contribution in [3.8, 4) is 6.07 Å². The lowest BCUT2D eigenvalue weighted by atomic mass is 9.86. The molecule has 1 aromatic rings. The molecule has 2 rings (SSSR count). The summed E-state index contributed by atoms with van der Waals surface area (Å²) in [4.78, 5) is 9.37. The molecule has 1 aromatic carbocycles. The minimum absolute atomic E-state index is 0.0376. The van der Waals surface area contributed by atoms with Gasteiger partial charge in [-0.3, -0.25) is 10.4 Å². The average Bonchev–Trinajstić information content (AvgIpc) is 3.01. The smallest absolute Gasteiger partial charge is 0.190 e. The summed E-state index contributed by atoms with van der Waals surface area (Å²) in [6.45, 7) is 17.2. The van der Waals surface area contributed by atoms with Crippen molar-refractivity contribution in [3.63, 3.8) is 0 Å². The first-order valence-corrected chi connectivity index (χ1v) is 15.4. The zero-order valence-electron chi connectivity index (χ0n) is 26.8. The Balaban J connectivity index is 2.34. The van der Waals surface area contributed by atoms with Gasteiger partial charge in [0.05, 0.1) is 36.2 Å². The summed E-state index contributed by atoms with van der Waals surface area (Å²) in [5.41, 5.74) is 4.73. The second-order valence-corrected chi connectivity index (χ2v) is 10.9. The van der Waals surface area contributed by atoms with Crippen LogP contribution < -0.4 is 5.32 Å². The number of rotatable bonds is 15. The fourth-order valence-corrected chi connectivity index (χ4v) is 4.54. The van der Waals surface area contributed by atoms with Crippen LogP contribution in [0.5, 0.6) is 0 Å². The van der Waals surface area contributed by atoms with E-state index in [4.69, 9.17) is 15.1 Å². The molecule has 230 valence electrons. The molecular weight excluding hydrogens is 537 g/mol. The molecule has 1 aliphatic rings. The zero-order chi connectivity index (χ0) is 31.8. The molecule has 0 spiro atoms. The monoisotopic (exact) mass is 585 g/mol. The first-order valence-electron chi connectivity index (χ1n) is 15.4. The largest absolute Gasteiger partial charge is 0.481 e. The van der Waals surface area contributed by atoms with Gasteiger partial charge in [0, 0.05) is 29.0 Å². The van der Waals surface area contributed by atoms with Gasteiger partial charge >= 0.3 is 0 Å². The van der Waals surface area contributed by atoms with Crippen molar-refractivity contribution in [1.29, 1.82) is 10.7 Å². The predicted molar refractivity (Wildman–Crippen MR) is 178 cm³/mol. The highest BCUT2D eigenvalue weighted by Gasteiger charge is 2.27. The van der Waals surface area contributed by atoms with Crippen LogP contribution in [0.3, 0.4) is 0 Å². The van der Waals surface area contributed by atoms with E-state index in [2.05, 4.69) is 51.5 Å². The second kappa shape index (κ2) is 18.5. The number of unbranched alkanes of at least 4 members (excludes halogenated alkanes) is 3. The highest BCUT2D eigenvalue weighted by atomic mass is 19.1. The van der Waals surface area contributed by atoms with E-state index in [-0.39, 0.29) is 24.1 Å². The average molecular weight is 586 g/mol. The van der Waals surface area contributed by atoms with Crippen LogP contribution >= 0.6 is 0 Å². The quantitative estimate of drug-likeness (QED) is 0.0930. The summed E-state index contributed by atoms with van der Waals surface area (Å²) >= 11 is 0. The van der Waals surface area contributed by atoms with E-state index >= 15 is 0 Å². The molecule has 2 atom stereocenters. The van der Waals surface area contributed by atoms with Crippen molar-refractivity contribution in [3.05, 3.63) is 94.8 Å². The molecule has 43 heavy (non-hydrogen) atoms. The predicted octanol–water partition coefficient (Wildman–Crippen LogP) is 9.13. The summed E-state index contributed by atoms with van der Waals surface area (Å²) in [5, 5.41) is 21.6. The van der Waals surface area contributed by atoms with Crippen molar-refractivity contribution in [2.24, 2.45) is 21.8 Å². The molecule has 0 saturated carbocycles. The van der Waals surface area contributed by atoms with Crippen LogP contribution in [0.4, 0.5) is 4.39 Å². The molecule has 0 bridgehead atoms. The molecule has 0 fully saturated rings. The summed E-state index contributed by atoms with van der Waals surface area (Å²) in [7, 11) is 0. The van der Waals surface area contributed by atoms with Gasteiger partial charge in [0.1, 0.15) is 11.5 Å². The Bertz CT molecular complexity index is 1360. The fourth-order valence-electron chi connectivity index (χ4n) is 4.54. The summed E-state index contributed by atoms with van der Waals surface area (Å²) < 4.78 is 20.5. The first kappa shape index (κ1) is 35.1. The van der Waals surface area contributed by atoms with Gasteiger partial charge < -0.3 is 10.1 Å². The molecule has 0 aromatic heterocycles. The molecule has 1 aliphatic heterocycles. The third-order valence-corrected chi connectivity index (χ3v) is 7.58. The van der Waals surface area contributed by atoms with Crippen LogP contribution in [0.15, 0.2) is 87.8 Å². The Morgan fingerprint density at radius 3 is 2.60 bits per heavy atom. The van der Waals surface area contributed by atoms with E-state index < -0.39 is 5.82 Å². The lowest BCUT2D eigenvalue weighted by Gasteiger charge is -2.28. The Morgan fingerprint density at radius 2 is 1.95 bits per heavy atom. The van der Waals surface area contributed by atoms with Crippen LogP contribution in [0.1, 0.15) is 91.2 Å². The standard InChI is InChI=1S/C36H48FN5O/c1-8-12-13-14-20-43-36(26(6)10-3)41-23-28(11-4)16-15-17-32-34(39)35(33(25(5)9-2)27(7)42-32)40-24-30-21-29(22-38)18-19-31(30)37/h11,15-19,21,23,25-26,39,42H,4,8-10,12-14,20,24H2,1-3,5-7H3/b16-15+,28-23+,32-17+,39-34?,40-35?,41-36?. The van der Waals surface area contributed by atoms with Gasteiger partial charge in [-0.1, -0.05) is 78.7 Å². The number of aliphatic imine (C=N–C) groups is 2. The van der Waals surface area contributed by atoms with E-state index in [1.807, 2.05) is 31.2 Å². The minimum Gasteiger partial charge on any atom is -0.481 e. The Hall–Kier alpha value is -4.05. The summed E-state index contributed by atoms with van der Waals surface area (Å²) in [6.07, 6.45) is 15.4. The summed E-state index contributed by atoms with van der Waals surface area (Å²) in [6, 6.07) is 6.30. The van der Waals surface area contributed by atoms with E-state index in [1.54, 1.807) is 12.3 Å². The Kier molecular flexibility index (Phi) is 15.1. The molecular formula is C36H48FN5O. The number of ether oxygens (including phenoxy) is 1. The van der Waals surface area contributed by atoms with Crippen LogP contribution in [0, 0.1) is 34.4 Å². The molecule has 0 radical (unpaired) electrons. The van der Waals surface area contributed by atoms with E-state index in [1.165, 1.54) is 31.0 Å². The Morgan fingerprint density at radius 1 is 1.19 bits per heavy atom. The fraction of sp³-hybridized carbons (Fsp3) is 0.444. The van der Waals surface area contributed by atoms with Crippen molar-refractivity contribution in [2.75, 3.05) is 6.61 Å². The van der Waals surface area contributed by atoms with Gasteiger partial charge in [-0.25, -0.2) is 9.38 Å². The number of allylic oxidation sites excluding steroid dienone is 8. The van der Waals surface area contributed by atoms with Gasteiger partial charge in [0.15, 0.2) is 5.90 Å². The number of halogens is 1. The lowest BCUT2D eigenvalue weighted by Crippen LogP contribution is -2.36. The van der Waals surface area contributed by atoms with Gasteiger partial charge in [-0.05, 0) is 62.0 Å². The first-order chi connectivity index (χ1) is 20.7. The molecule has 6 nitrogen and oxygen atoms in total. The van der Waals surface area contributed by atoms with Crippen LogP contribution in [0.2, 0.25) is 0 Å². The maximum atomic E-state index is 14.5. The topological polar surface area (TPSA) is 93.6 Å². The minimum atomic E-state index is -0.418. The molecule has 2 unspecified atom stereocenters. The SMILES string of the molecule is C=CC(/C=C/C=C1/NC(C)=C(C(C)CC)C(=NCc2cc(C#N)ccc2F)C1=N)=C\N=C(OCCCCCC)C(C)CC. The van der Waals surface area contributed by atoms with Crippen molar-refractivity contribution in [1.82, 2.24) is 5.32 Å². The van der Waals surface area contributed by atoms with E-state index in [9.17, 15) is 9.65 Å². The van der Waals surface area contributed by atoms with Gasteiger partial charge in [-0.2, -0.15) is 5.26 Å². The number of nitriles is 1. The van der Waals surface area contributed by atoms with Crippen LogP contribution in [-0.2, 0) is 11.3 Å². The molecule has 0 amide bonds. The van der Waals surface area contributed by atoms with Gasteiger partial charge in [-0.15, -0.1) is 0 Å². The number of hydrogen-bond donors (Lipinski definition) is 2. The van der Waals surface area contributed by atoms with Gasteiger partial charge in [0.2, 0.25) is 0 Å². The number of nitrogens with one attached hydrogen (secondary N) is 2. The molecule has 7 heteroatoms. The normalized spacial score (nSPS) is 17.8. The molecule has 0 saturated heterocycles. The third-order valence-electron chi connectivity index (χ3n) is 7.58. The summed E-state index contributed by atoms with van der Waals surface area (Å²) in [5.74, 6) is 0.685. The molecule has 2 N–H and O–H groups in total.